The van der Waals surface area contributed by atoms with Crippen molar-refractivity contribution in [2.24, 2.45) is 7.05 Å². The zero-order chi connectivity index (χ0) is 17.2. The van der Waals surface area contributed by atoms with Crippen molar-refractivity contribution in [2.45, 2.75) is 26.4 Å². The molecule has 23 heavy (non-hydrogen) atoms. The predicted molar refractivity (Wildman–Crippen MR) is 89.5 cm³/mol. The van der Waals surface area contributed by atoms with Gasteiger partial charge in [0.05, 0.1) is 24.7 Å². The van der Waals surface area contributed by atoms with E-state index in [-0.39, 0.29) is 0 Å². The summed E-state index contributed by atoms with van der Waals surface area (Å²) in [5, 5.41) is 6.83. The quantitative estimate of drug-likeness (QED) is 0.907. The highest BCUT2D eigenvalue weighted by molar-refractivity contribution is 5.88. The molecule has 0 atom stereocenters. The van der Waals surface area contributed by atoms with Crippen LogP contribution in [0.2, 0.25) is 0 Å². The molecule has 0 aliphatic heterocycles. The molecule has 0 saturated carbocycles. The van der Waals surface area contributed by atoms with E-state index in [2.05, 4.69) is 10.4 Å². The fourth-order valence-electron chi connectivity index (χ4n) is 2.18. The summed E-state index contributed by atoms with van der Waals surface area (Å²) in [4.78, 5) is 11.9. The van der Waals surface area contributed by atoms with Gasteiger partial charge in [-0.15, -0.1) is 0 Å². The fraction of sp³-hybridized carbons (Fsp3) is 0.375. The summed E-state index contributed by atoms with van der Waals surface area (Å²) in [7, 11) is 3.37. The van der Waals surface area contributed by atoms with Gasteiger partial charge in [-0.2, -0.15) is 5.10 Å². The summed E-state index contributed by atoms with van der Waals surface area (Å²) in [5.74, 6) is 0.634. The number of nitrogen functional groups attached to an aromatic ring is 1. The van der Waals surface area contributed by atoms with Crippen LogP contribution in [-0.4, -0.2) is 28.6 Å². The highest BCUT2D eigenvalue weighted by Crippen LogP contribution is 2.35. The maximum atomic E-state index is 11.9. The third-order valence-corrected chi connectivity index (χ3v) is 3.07. The van der Waals surface area contributed by atoms with Crippen LogP contribution in [0.1, 0.15) is 20.8 Å². The summed E-state index contributed by atoms with van der Waals surface area (Å²) in [6.45, 7) is 5.42. The number of rotatable bonds is 3. The standard InChI is InChI=1S/C16H22N4O3/c1-16(2,3)23-15(21)19-10-6-7-13(22-5)11(8-10)14-12(17)9-18-20(14)4/h6-9H,17H2,1-5H3,(H,19,21). The van der Waals surface area contributed by atoms with Gasteiger partial charge in [0.15, 0.2) is 0 Å². The number of nitrogens with one attached hydrogen (secondary N) is 1. The van der Waals surface area contributed by atoms with Crippen molar-refractivity contribution in [3.8, 4) is 17.0 Å². The number of amides is 1. The van der Waals surface area contributed by atoms with Crippen LogP contribution in [0, 0.1) is 0 Å². The minimum atomic E-state index is -0.564. The Morgan fingerprint density at radius 1 is 1.35 bits per heavy atom. The SMILES string of the molecule is COc1ccc(NC(=O)OC(C)(C)C)cc1-c1c(N)cnn1C. The third kappa shape index (κ3) is 3.94. The van der Waals surface area contributed by atoms with Crippen LogP contribution in [0.5, 0.6) is 5.75 Å². The van der Waals surface area contributed by atoms with Gasteiger partial charge in [-0.25, -0.2) is 4.79 Å². The molecule has 1 amide bonds. The lowest BCUT2D eigenvalue weighted by Crippen LogP contribution is -2.27. The Morgan fingerprint density at radius 3 is 2.57 bits per heavy atom. The number of hydrogen-bond donors (Lipinski definition) is 2. The molecule has 3 N–H and O–H groups in total. The smallest absolute Gasteiger partial charge is 0.412 e. The van der Waals surface area contributed by atoms with E-state index in [4.69, 9.17) is 15.2 Å². The number of benzene rings is 1. The van der Waals surface area contributed by atoms with E-state index in [0.29, 0.717) is 17.1 Å². The van der Waals surface area contributed by atoms with Gasteiger partial charge in [0.1, 0.15) is 11.4 Å². The first-order valence-corrected chi connectivity index (χ1v) is 7.17. The second-order valence-corrected chi connectivity index (χ2v) is 6.11. The van der Waals surface area contributed by atoms with Crippen LogP contribution in [0.25, 0.3) is 11.3 Å². The van der Waals surface area contributed by atoms with E-state index < -0.39 is 11.7 Å². The molecule has 1 heterocycles. The summed E-state index contributed by atoms with van der Waals surface area (Å²) in [5.41, 5.74) is 7.98. The number of ether oxygens (including phenoxy) is 2. The number of aromatic nitrogens is 2. The molecule has 2 aromatic rings. The van der Waals surface area contributed by atoms with Crippen LogP contribution in [0.3, 0.4) is 0 Å². The van der Waals surface area contributed by atoms with Gasteiger partial charge in [-0.3, -0.25) is 10.00 Å². The molecule has 0 bridgehead atoms. The van der Waals surface area contributed by atoms with E-state index in [1.165, 1.54) is 0 Å². The largest absolute Gasteiger partial charge is 0.496 e. The predicted octanol–water partition coefficient (Wildman–Crippen LogP) is 3.02. The molecule has 0 unspecified atom stereocenters. The fourth-order valence-corrected chi connectivity index (χ4v) is 2.18. The van der Waals surface area contributed by atoms with Crippen LogP contribution >= 0.6 is 0 Å². The monoisotopic (exact) mass is 318 g/mol. The van der Waals surface area contributed by atoms with Gasteiger partial charge in [0, 0.05) is 18.3 Å². The average Bonchev–Trinajstić information content (AvgIpc) is 2.76. The summed E-state index contributed by atoms with van der Waals surface area (Å²) in [6, 6.07) is 5.27. The molecule has 0 radical (unpaired) electrons. The topological polar surface area (TPSA) is 91.4 Å². The molecule has 0 aliphatic carbocycles. The summed E-state index contributed by atoms with van der Waals surface area (Å²) < 4.78 is 12.3. The first-order chi connectivity index (χ1) is 10.7. The second kappa shape index (κ2) is 6.20. The number of carbonyl (C=O) groups is 1. The van der Waals surface area contributed by atoms with Gasteiger partial charge < -0.3 is 15.2 Å². The molecule has 2 rings (SSSR count). The Labute approximate surface area is 135 Å². The number of nitrogens with two attached hydrogens (primary N) is 1. The van der Waals surface area contributed by atoms with Crippen molar-refractivity contribution in [1.82, 2.24) is 9.78 Å². The summed E-state index contributed by atoms with van der Waals surface area (Å²) >= 11 is 0. The number of carbonyl (C=O) groups excluding carboxylic acids is 1. The van der Waals surface area contributed by atoms with Gasteiger partial charge in [-0.05, 0) is 39.0 Å². The minimum Gasteiger partial charge on any atom is -0.496 e. The van der Waals surface area contributed by atoms with E-state index in [1.54, 1.807) is 43.2 Å². The second-order valence-electron chi connectivity index (χ2n) is 6.11. The van der Waals surface area contributed by atoms with Crippen molar-refractivity contribution < 1.29 is 14.3 Å². The summed E-state index contributed by atoms with van der Waals surface area (Å²) in [6.07, 6.45) is 1.05. The van der Waals surface area contributed by atoms with Crippen molar-refractivity contribution in [2.75, 3.05) is 18.2 Å². The lowest BCUT2D eigenvalue weighted by atomic mass is 10.1. The maximum absolute atomic E-state index is 11.9. The molecule has 0 fully saturated rings. The molecular weight excluding hydrogens is 296 g/mol. The third-order valence-electron chi connectivity index (χ3n) is 3.07. The Kier molecular flexibility index (Phi) is 4.49. The van der Waals surface area contributed by atoms with E-state index in [9.17, 15) is 4.79 Å². The van der Waals surface area contributed by atoms with Gasteiger partial charge in [0.25, 0.3) is 0 Å². The molecular formula is C16H22N4O3. The Balaban J connectivity index is 2.35. The van der Waals surface area contributed by atoms with Gasteiger partial charge >= 0.3 is 6.09 Å². The van der Waals surface area contributed by atoms with E-state index in [1.807, 2.05) is 20.8 Å². The van der Waals surface area contributed by atoms with E-state index >= 15 is 0 Å². The van der Waals surface area contributed by atoms with E-state index in [0.717, 1.165) is 11.3 Å². The average molecular weight is 318 g/mol. The number of nitrogens with zero attached hydrogens (tertiary/aromatic N) is 2. The normalized spacial score (nSPS) is 11.2. The highest BCUT2D eigenvalue weighted by atomic mass is 16.6. The molecule has 1 aromatic heterocycles. The van der Waals surface area contributed by atoms with Crippen LogP contribution in [-0.2, 0) is 11.8 Å². The van der Waals surface area contributed by atoms with Crippen molar-refractivity contribution in [1.29, 1.82) is 0 Å². The molecule has 0 saturated heterocycles. The molecule has 124 valence electrons. The number of hydrogen-bond acceptors (Lipinski definition) is 5. The molecule has 0 spiro atoms. The zero-order valence-electron chi connectivity index (χ0n) is 14.0. The lowest BCUT2D eigenvalue weighted by molar-refractivity contribution is 0.0636. The molecule has 0 aliphatic rings. The van der Waals surface area contributed by atoms with Crippen LogP contribution < -0.4 is 15.8 Å². The Hall–Kier alpha value is -2.70. The maximum Gasteiger partial charge on any atom is 0.412 e. The number of aryl methyl sites for hydroxylation is 1. The molecule has 7 heteroatoms. The number of methoxy groups -OCH3 is 1. The Bertz CT molecular complexity index is 697. The minimum absolute atomic E-state index is 0.522. The first-order valence-electron chi connectivity index (χ1n) is 7.17. The lowest BCUT2D eigenvalue weighted by Gasteiger charge is -2.20. The molecule has 7 nitrogen and oxygen atoms in total. The van der Waals surface area contributed by atoms with Crippen LogP contribution in [0.4, 0.5) is 16.2 Å². The van der Waals surface area contributed by atoms with Gasteiger partial charge in [-0.1, -0.05) is 0 Å². The first kappa shape index (κ1) is 16.7. The van der Waals surface area contributed by atoms with Crippen LogP contribution in [0.15, 0.2) is 24.4 Å². The van der Waals surface area contributed by atoms with Crippen molar-refractivity contribution in [3.05, 3.63) is 24.4 Å². The zero-order valence-corrected chi connectivity index (χ0v) is 14.0. The number of anilines is 2. The van der Waals surface area contributed by atoms with Crippen molar-refractivity contribution >= 4 is 17.5 Å². The van der Waals surface area contributed by atoms with Gasteiger partial charge in [0.2, 0.25) is 0 Å². The highest BCUT2D eigenvalue weighted by Gasteiger charge is 2.18. The molecule has 1 aromatic carbocycles. The Morgan fingerprint density at radius 2 is 2.04 bits per heavy atom. The van der Waals surface area contributed by atoms with Crippen molar-refractivity contribution in [3.63, 3.8) is 0 Å².